The Balaban J connectivity index is 2.97. The van der Waals surface area contributed by atoms with Crippen LogP contribution >= 0.6 is 0 Å². The molecule has 0 aromatic rings. The lowest BCUT2D eigenvalue weighted by molar-refractivity contribution is 0.562. The first-order chi connectivity index (χ1) is 8.41. The van der Waals surface area contributed by atoms with Crippen LogP contribution in [0, 0.1) is 25.7 Å². The first-order valence-electron chi connectivity index (χ1n) is 7.46. The summed E-state index contributed by atoms with van der Waals surface area (Å²) in [4.78, 5) is 0. The molecule has 98 valence electrons. The summed E-state index contributed by atoms with van der Waals surface area (Å²) in [6, 6.07) is 0. The van der Waals surface area contributed by atoms with Crippen LogP contribution in [0.1, 0.15) is 83.5 Å². The molecule has 0 amide bonds. The number of unbranched alkanes of at least 4 members (excludes halogenated alkanes) is 11. The van der Waals surface area contributed by atoms with Gasteiger partial charge in [0, 0.05) is 12.8 Å². The maximum Gasteiger partial charge on any atom is 0.00886 e. The molecule has 0 N–H and O–H groups in total. The molecule has 0 bridgehead atoms. The van der Waals surface area contributed by atoms with Crippen molar-refractivity contribution in [2.45, 2.75) is 83.5 Å². The van der Waals surface area contributed by atoms with Crippen molar-refractivity contribution in [3.8, 4) is 11.8 Å². The van der Waals surface area contributed by atoms with E-state index in [2.05, 4.69) is 25.7 Å². The second-order valence-electron chi connectivity index (χ2n) is 4.74. The minimum absolute atomic E-state index is 0.946. The van der Waals surface area contributed by atoms with E-state index in [0.29, 0.717) is 0 Å². The molecule has 0 aliphatic rings. The summed E-state index contributed by atoms with van der Waals surface area (Å²) in [5, 5.41) is 0. The molecule has 17 heavy (non-hydrogen) atoms. The Bertz CT molecular complexity index is 182. The Morgan fingerprint density at radius 1 is 0.471 bits per heavy atom. The van der Waals surface area contributed by atoms with Crippen molar-refractivity contribution in [1.29, 1.82) is 0 Å². The highest BCUT2D eigenvalue weighted by Crippen LogP contribution is 2.10. The van der Waals surface area contributed by atoms with Gasteiger partial charge in [0.25, 0.3) is 0 Å². The lowest BCUT2D eigenvalue weighted by atomic mass is 10.1. The average molecular weight is 234 g/mol. The zero-order chi connectivity index (χ0) is 12.6. The van der Waals surface area contributed by atoms with Crippen molar-refractivity contribution in [3.63, 3.8) is 0 Å². The van der Waals surface area contributed by atoms with Gasteiger partial charge in [-0.1, -0.05) is 71.6 Å². The molecule has 0 fully saturated rings. The molecule has 0 heteroatoms. The van der Waals surface area contributed by atoms with Gasteiger partial charge >= 0.3 is 0 Å². The molecule has 0 aliphatic heterocycles. The number of hydrogen-bond acceptors (Lipinski definition) is 0. The van der Waals surface area contributed by atoms with Gasteiger partial charge in [-0.2, -0.15) is 0 Å². The fourth-order valence-corrected chi connectivity index (χ4v) is 1.89. The van der Waals surface area contributed by atoms with Crippen LogP contribution in [0.3, 0.4) is 0 Å². The Kier molecular flexibility index (Phi) is 15.2. The van der Waals surface area contributed by atoms with Crippen LogP contribution in [0.4, 0.5) is 0 Å². The van der Waals surface area contributed by atoms with Gasteiger partial charge in [0.1, 0.15) is 0 Å². The molecule has 0 nitrogen and oxygen atoms in total. The van der Waals surface area contributed by atoms with Gasteiger partial charge in [0.05, 0.1) is 0 Å². The van der Waals surface area contributed by atoms with E-state index in [1.165, 1.54) is 57.8 Å². The van der Waals surface area contributed by atoms with Gasteiger partial charge in [-0.3, -0.25) is 0 Å². The van der Waals surface area contributed by atoms with Crippen LogP contribution in [-0.2, 0) is 0 Å². The third-order valence-corrected chi connectivity index (χ3v) is 2.98. The largest absolute Gasteiger partial charge is 0.103 e. The van der Waals surface area contributed by atoms with Gasteiger partial charge < -0.3 is 0 Å². The van der Waals surface area contributed by atoms with Crippen LogP contribution in [0.5, 0.6) is 0 Å². The van der Waals surface area contributed by atoms with Crippen molar-refractivity contribution in [3.05, 3.63) is 13.8 Å². The molecule has 0 atom stereocenters. The Labute approximate surface area is 110 Å². The molecule has 0 spiro atoms. The van der Waals surface area contributed by atoms with E-state index in [9.17, 15) is 0 Å². The summed E-state index contributed by atoms with van der Waals surface area (Å²) in [5.74, 6) is 6.36. The van der Waals surface area contributed by atoms with Gasteiger partial charge in [-0.25, -0.2) is 0 Å². The Hall–Kier alpha value is -0.440. The van der Waals surface area contributed by atoms with Crippen molar-refractivity contribution in [2.24, 2.45) is 0 Å². The molecule has 0 aromatic heterocycles. The standard InChI is InChI=1S/C17H30/c1-3-5-7-9-11-13-15-17-16-14-12-10-8-6-4-2/h1-7,9,11-17H2. The zero-order valence-electron chi connectivity index (χ0n) is 11.6. The van der Waals surface area contributed by atoms with Crippen LogP contribution < -0.4 is 0 Å². The van der Waals surface area contributed by atoms with Crippen LogP contribution in [0.2, 0.25) is 0 Å². The normalized spacial score (nSPS) is 10.0. The van der Waals surface area contributed by atoms with E-state index in [-0.39, 0.29) is 0 Å². The molecular formula is C17H30. The summed E-state index contributed by atoms with van der Waals surface area (Å²) in [7, 11) is 0. The third kappa shape index (κ3) is 15.6. The van der Waals surface area contributed by atoms with E-state index in [1.807, 2.05) is 0 Å². The fourth-order valence-electron chi connectivity index (χ4n) is 1.89. The highest BCUT2D eigenvalue weighted by Gasteiger charge is 1.91. The van der Waals surface area contributed by atoms with E-state index >= 15 is 0 Å². The lowest BCUT2D eigenvalue weighted by Gasteiger charge is -2.00. The van der Waals surface area contributed by atoms with Gasteiger partial charge in [-0.15, -0.1) is 11.8 Å². The molecule has 0 heterocycles. The summed E-state index contributed by atoms with van der Waals surface area (Å²) in [6.45, 7) is 7.64. The number of rotatable bonds is 11. The van der Waals surface area contributed by atoms with Crippen molar-refractivity contribution < 1.29 is 0 Å². The number of hydrogen-bond donors (Lipinski definition) is 0. The van der Waals surface area contributed by atoms with Crippen molar-refractivity contribution >= 4 is 0 Å². The second kappa shape index (κ2) is 15.6. The summed E-state index contributed by atoms with van der Waals surface area (Å²) >= 11 is 0. The predicted octanol–water partition coefficient (Wildman–Crippen LogP) is 5.73. The SMILES string of the molecule is [CH2]CCC#CCCCCCCCCCCC[CH2]. The molecule has 2 radical (unpaired) electrons. The fraction of sp³-hybridized carbons (Fsp3) is 0.765. The van der Waals surface area contributed by atoms with Crippen LogP contribution in [0.15, 0.2) is 0 Å². The van der Waals surface area contributed by atoms with Crippen LogP contribution in [-0.4, -0.2) is 0 Å². The molecule has 0 rings (SSSR count). The van der Waals surface area contributed by atoms with E-state index in [0.717, 1.165) is 25.7 Å². The summed E-state index contributed by atoms with van der Waals surface area (Å²) in [5.41, 5.74) is 0. The minimum Gasteiger partial charge on any atom is -0.103 e. The monoisotopic (exact) mass is 234 g/mol. The molecule has 0 aliphatic carbocycles. The summed E-state index contributed by atoms with van der Waals surface area (Å²) in [6.07, 6.45) is 16.5. The highest BCUT2D eigenvalue weighted by atomic mass is 14.0. The lowest BCUT2D eigenvalue weighted by Crippen LogP contribution is -1.81. The Morgan fingerprint density at radius 2 is 0.941 bits per heavy atom. The zero-order valence-corrected chi connectivity index (χ0v) is 11.6. The topological polar surface area (TPSA) is 0 Å². The molecule has 0 aromatic carbocycles. The van der Waals surface area contributed by atoms with Gasteiger partial charge in [0.2, 0.25) is 0 Å². The molecule has 0 saturated carbocycles. The van der Waals surface area contributed by atoms with Gasteiger partial charge in [0.15, 0.2) is 0 Å². The van der Waals surface area contributed by atoms with Gasteiger partial charge in [-0.05, 0) is 12.8 Å². The third-order valence-electron chi connectivity index (χ3n) is 2.98. The summed E-state index contributed by atoms with van der Waals surface area (Å²) < 4.78 is 0. The highest BCUT2D eigenvalue weighted by molar-refractivity contribution is 4.98. The second-order valence-corrected chi connectivity index (χ2v) is 4.74. The minimum atomic E-state index is 0.946. The molecular weight excluding hydrogens is 204 g/mol. The molecule has 0 saturated heterocycles. The quantitative estimate of drug-likeness (QED) is 0.316. The van der Waals surface area contributed by atoms with E-state index in [1.54, 1.807) is 0 Å². The van der Waals surface area contributed by atoms with E-state index < -0.39 is 0 Å². The van der Waals surface area contributed by atoms with Crippen molar-refractivity contribution in [1.82, 2.24) is 0 Å². The first kappa shape index (κ1) is 16.6. The van der Waals surface area contributed by atoms with E-state index in [4.69, 9.17) is 0 Å². The molecule has 0 unspecified atom stereocenters. The maximum atomic E-state index is 3.87. The van der Waals surface area contributed by atoms with Crippen molar-refractivity contribution in [2.75, 3.05) is 0 Å². The smallest absolute Gasteiger partial charge is 0.00886 e. The Morgan fingerprint density at radius 3 is 1.47 bits per heavy atom. The maximum absolute atomic E-state index is 3.87. The first-order valence-corrected chi connectivity index (χ1v) is 7.46. The predicted molar refractivity (Wildman–Crippen MR) is 78.5 cm³/mol. The average Bonchev–Trinajstić information content (AvgIpc) is 2.35. The van der Waals surface area contributed by atoms with Crippen LogP contribution in [0.25, 0.3) is 0 Å².